The fraction of sp³-hybridized carbons (Fsp3) is 0.952. The van der Waals surface area contributed by atoms with Gasteiger partial charge in [-0.05, 0) is 12.8 Å². The Bertz CT molecular complexity index is 362. The molecule has 0 amide bonds. The lowest BCUT2D eigenvalue weighted by molar-refractivity contribution is -0.147. The van der Waals surface area contributed by atoms with E-state index in [-0.39, 0.29) is 19.2 Å². The first-order chi connectivity index (χ1) is 13.3. The Hall–Kier alpha value is 0.440. The number of unbranched alkanes of at least 4 members (excludes halogenated alkanes) is 13. The van der Waals surface area contributed by atoms with Gasteiger partial charge in [-0.3, -0.25) is 4.79 Å². The molecule has 1 unspecified atom stereocenters. The van der Waals surface area contributed by atoms with Gasteiger partial charge < -0.3 is 14.9 Å². The summed E-state index contributed by atoms with van der Waals surface area (Å²) in [5.41, 5.74) is 0. The molecule has 0 fully saturated rings. The molecule has 0 aromatic heterocycles. The Morgan fingerprint density at radius 1 is 0.750 bits per heavy atom. The van der Waals surface area contributed by atoms with Crippen LogP contribution in [0.5, 0.6) is 0 Å². The summed E-state index contributed by atoms with van der Waals surface area (Å²) >= 11 is 12.9. The van der Waals surface area contributed by atoms with Crippen molar-refractivity contribution in [3.63, 3.8) is 0 Å². The van der Waals surface area contributed by atoms with Gasteiger partial charge in [0.05, 0.1) is 10.0 Å². The Kier molecular flexibility index (Phi) is 19.7. The summed E-state index contributed by atoms with van der Waals surface area (Å²) in [4.78, 5) is 11.4. The molecule has 0 saturated carbocycles. The van der Waals surface area contributed by atoms with Crippen LogP contribution in [0.4, 0.5) is 0 Å². The SMILES string of the molecule is O=C(CCCCCCCCCCCCCCCCC(S)(S)S)OCC(O)CO. The summed E-state index contributed by atoms with van der Waals surface area (Å²) in [6.07, 6.45) is 17.7. The van der Waals surface area contributed by atoms with E-state index in [9.17, 15) is 4.79 Å². The quantitative estimate of drug-likeness (QED) is 0.0722. The maximum atomic E-state index is 11.4. The van der Waals surface area contributed by atoms with Crippen molar-refractivity contribution < 1.29 is 19.7 Å². The number of carbonyl (C=O) groups excluding carboxylic acids is 1. The summed E-state index contributed by atoms with van der Waals surface area (Å²) in [5, 5.41) is 17.7. The number of esters is 1. The number of aliphatic hydroxyl groups is 2. The van der Waals surface area contributed by atoms with Crippen LogP contribution in [0.3, 0.4) is 0 Å². The van der Waals surface area contributed by atoms with E-state index in [0.717, 1.165) is 25.7 Å². The third kappa shape index (κ3) is 22.7. The molecule has 0 spiro atoms. The molecule has 7 heteroatoms. The van der Waals surface area contributed by atoms with Gasteiger partial charge in [0.1, 0.15) is 12.7 Å². The monoisotopic (exact) mass is 454 g/mol. The summed E-state index contributed by atoms with van der Waals surface area (Å²) in [6, 6.07) is 0. The Morgan fingerprint density at radius 2 is 1.14 bits per heavy atom. The molecule has 168 valence electrons. The largest absolute Gasteiger partial charge is 0.463 e. The van der Waals surface area contributed by atoms with Crippen molar-refractivity contribution >= 4 is 43.9 Å². The fourth-order valence-corrected chi connectivity index (χ4v) is 3.54. The Morgan fingerprint density at radius 3 is 1.54 bits per heavy atom. The normalized spacial score (nSPS) is 12.9. The first kappa shape index (κ1) is 28.4. The van der Waals surface area contributed by atoms with Gasteiger partial charge in [0.15, 0.2) is 0 Å². The molecule has 1 atom stereocenters. The standard InChI is InChI=1S/C21H42O4S3/c22-17-19(23)18-25-20(24)15-13-11-9-7-5-3-1-2-4-6-8-10-12-14-16-21(26,27)28/h19,22-23,26-28H,1-18H2. The molecule has 0 aliphatic rings. The maximum Gasteiger partial charge on any atom is 0.305 e. The zero-order valence-electron chi connectivity index (χ0n) is 17.4. The third-order valence-corrected chi connectivity index (χ3v) is 5.46. The molecule has 0 bridgehead atoms. The average Bonchev–Trinajstić information content (AvgIpc) is 2.64. The molecule has 0 aromatic carbocycles. The van der Waals surface area contributed by atoms with Gasteiger partial charge in [0.2, 0.25) is 0 Å². The summed E-state index contributed by atoms with van der Waals surface area (Å²) in [7, 11) is 0. The van der Waals surface area contributed by atoms with Crippen LogP contribution in [0.2, 0.25) is 0 Å². The first-order valence-electron chi connectivity index (χ1n) is 11.0. The highest BCUT2D eigenvalue weighted by molar-refractivity contribution is 8.16. The van der Waals surface area contributed by atoms with E-state index < -0.39 is 9.52 Å². The molecule has 0 aliphatic carbocycles. The minimum absolute atomic E-state index is 0.113. The van der Waals surface area contributed by atoms with Crippen molar-refractivity contribution in [2.24, 2.45) is 0 Å². The van der Waals surface area contributed by atoms with E-state index in [1.165, 1.54) is 70.6 Å². The zero-order chi connectivity index (χ0) is 21.1. The highest BCUT2D eigenvalue weighted by atomic mass is 32.2. The van der Waals surface area contributed by atoms with Gasteiger partial charge in [-0.2, -0.15) is 37.9 Å². The molecule has 0 aliphatic heterocycles. The smallest absolute Gasteiger partial charge is 0.305 e. The lowest BCUT2D eigenvalue weighted by atomic mass is 10.0. The van der Waals surface area contributed by atoms with Crippen molar-refractivity contribution in [2.45, 2.75) is 112 Å². The molecule has 28 heavy (non-hydrogen) atoms. The number of hydrogen-bond donors (Lipinski definition) is 5. The van der Waals surface area contributed by atoms with Crippen LogP contribution in [0, 0.1) is 0 Å². The molecule has 0 aromatic rings. The molecule has 0 radical (unpaired) electrons. The average molecular weight is 455 g/mol. The highest BCUT2D eigenvalue weighted by Gasteiger charge is 2.12. The van der Waals surface area contributed by atoms with Gasteiger partial charge in [-0.1, -0.05) is 83.5 Å². The number of aliphatic hydroxyl groups excluding tert-OH is 2. The molecular formula is C21H42O4S3. The zero-order valence-corrected chi connectivity index (χ0v) is 20.0. The molecule has 2 N–H and O–H groups in total. The Labute approximate surface area is 188 Å². The summed E-state index contributed by atoms with van der Waals surface area (Å²) < 4.78 is 4.45. The number of rotatable bonds is 20. The third-order valence-electron chi connectivity index (χ3n) is 4.79. The summed E-state index contributed by atoms with van der Waals surface area (Å²) in [6.45, 7) is -0.490. The van der Waals surface area contributed by atoms with Crippen molar-refractivity contribution in [2.75, 3.05) is 13.2 Å². The van der Waals surface area contributed by atoms with E-state index in [1.807, 2.05) is 0 Å². The van der Waals surface area contributed by atoms with Gasteiger partial charge >= 0.3 is 5.97 Å². The lowest BCUT2D eigenvalue weighted by Crippen LogP contribution is -2.21. The second-order valence-corrected chi connectivity index (χ2v) is 11.1. The second kappa shape index (κ2) is 19.4. The van der Waals surface area contributed by atoms with Gasteiger partial charge in [-0.15, -0.1) is 0 Å². The number of hydrogen-bond acceptors (Lipinski definition) is 7. The molecule has 0 rings (SSSR count). The van der Waals surface area contributed by atoms with Gasteiger partial charge in [-0.25, -0.2) is 0 Å². The number of thiol groups is 3. The minimum atomic E-state index is -0.964. The molecular weight excluding hydrogens is 412 g/mol. The van der Waals surface area contributed by atoms with Crippen molar-refractivity contribution in [1.29, 1.82) is 0 Å². The van der Waals surface area contributed by atoms with E-state index in [2.05, 4.69) is 37.9 Å². The van der Waals surface area contributed by atoms with Gasteiger partial charge in [0.25, 0.3) is 0 Å². The molecule has 0 saturated heterocycles. The van der Waals surface area contributed by atoms with Crippen LogP contribution in [0.1, 0.15) is 103 Å². The predicted molar refractivity (Wildman–Crippen MR) is 128 cm³/mol. The van der Waals surface area contributed by atoms with Crippen LogP contribution >= 0.6 is 37.9 Å². The minimum Gasteiger partial charge on any atom is -0.463 e. The van der Waals surface area contributed by atoms with Crippen LogP contribution in [-0.2, 0) is 9.53 Å². The van der Waals surface area contributed by atoms with E-state index in [1.54, 1.807) is 0 Å². The number of carbonyl (C=O) groups is 1. The second-order valence-electron chi connectivity index (χ2n) is 7.74. The van der Waals surface area contributed by atoms with Crippen LogP contribution in [-0.4, -0.2) is 38.9 Å². The Balaban J connectivity index is 3.17. The number of ether oxygens (including phenoxy) is 1. The molecule has 4 nitrogen and oxygen atoms in total. The topological polar surface area (TPSA) is 66.8 Å². The van der Waals surface area contributed by atoms with E-state index >= 15 is 0 Å². The first-order valence-corrected chi connectivity index (χ1v) is 12.3. The van der Waals surface area contributed by atoms with E-state index in [4.69, 9.17) is 14.9 Å². The van der Waals surface area contributed by atoms with Crippen LogP contribution < -0.4 is 0 Å². The van der Waals surface area contributed by atoms with Crippen molar-refractivity contribution in [3.05, 3.63) is 0 Å². The van der Waals surface area contributed by atoms with Gasteiger partial charge in [0, 0.05) is 6.42 Å². The van der Waals surface area contributed by atoms with Crippen LogP contribution in [0.25, 0.3) is 0 Å². The predicted octanol–water partition coefficient (Wildman–Crippen LogP) is 5.57. The van der Waals surface area contributed by atoms with Crippen LogP contribution in [0.15, 0.2) is 0 Å². The summed E-state index contributed by atoms with van der Waals surface area (Å²) in [5.74, 6) is -0.286. The highest BCUT2D eigenvalue weighted by Crippen LogP contribution is 2.30. The van der Waals surface area contributed by atoms with E-state index in [0.29, 0.717) is 6.42 Å². The van der Waals surface area contributed by atoms with Crippen molar-refractivity contribution in [1.82, 2.24) is 0 Å². The molecule has 0 heterocycles. The maximum absolute atomic E-state index is 11.4. The lowest BCUT2D eigenvalue weighted by Gasteiger charge is -2.14. The fourth-order valence-electron chi connectivity index (χ4n) is 3.07. The van der Waals surface area contributed by atoms with Crippen molar-refractivity contribution in [3.8, 4) is 0 Å².